The maximum absolute atomic E-state index is 12.3. The molecule has 1 aliphatic carbocycles. The molecule has 1 rings (SSSR count). The van der Waals surface area contributed by atoms with Crippen LogP contribution in [0.3, 0.4) is 0 Å². The molecule has 1 aliphatic rings. The predicted octanol–water partition coefficient (Wildman–Crippen LogP) is 4.84. The second-order valence-electron chi connectivity index (χ2n) is 7.21. The molecule has 0 saturated heterocycles. The Labute approximate surface area is 142 Å². The molecule has 0 aromatic carbocycles. The summed E-state index contributed by atoms with van der Waals surface area (Å²) in [5, 5.41) is 0. The highest BCUT2D eigenvalue weighted by Crippen LogP contribution is 2.48. The van der Waals surface area contributed by atoms with E-state index in [1.165, 1.54) is 7.11 Å². The zero-order valence-corrected chi connectivity index (χ0v) is 17.0. The highest BCUT2D eigenvalue weighted by atomic mass is 35.5. The number of carbonyl (C=O) groups excluding carboxylic acids is 1. The zero-order valence-electron chi connectivity index (χ0n) is 15.2. The van der Waals surface area contributed by atoms with Gasteiger partial charge >= 0.3 is 5.97 Å². The minimum absolute atomic E-state index is 0.0962. The van der Waals surface area contributed by atoms with E-state index in [1.807, 2.05) is 13.8 Å². The molecule has 22 heavy (non-hydrogen) atoms. The molecule has 1 saturated carbocycles. The molecule has 0 spiro atoms. The van der Waals surface area contributed by atoms with E-state index >= 15 is 0 Å². The summed E-state index contributed by atoms with van der Waals surface area (Å²) in [5.74, 6) is -0.0558. The Hall–Kier alpha value is -0.0631. The van der Waals surface area contributed by atoms with Crippen LogP contribution in [0.1, 0.15) is 48.0 Å². The Morgan fingerprint density at radius 3 is 2.09 bits per heavy atom. The number of methoxy groups -OCH3 is 1. The number of hydrogen-bond donors (Lipinski definition) is 0. The number of halogens is 1. The highest BCUT2D eigenvalue weighted by molar-refractivity contribution is 6.73. The monoisotopic (exact) mass is 348 g/mol. The van der Waals surface area contributed by atoms with Crippen molar-refractivity contribution in [3.63, 3.8) is 0 Å². The second kappa shape index (κ2) is 7.67. The third-order valence-corrected chi connectivity index (χ3v) is 10.7. The van der Waals surface area contributed by atoms with Crippen molar-refractivity contribution in [1.82, 2.24) is 0 Å². The van der Waals surface area contributed by atoms with Crippen molar-refractivity contribution < 1.29 is 14.0 Å². The first-order valence-corrected chi connectivity index (χ1v) is 11.5. The average Bonchev–Trinajstić information content (AvgIpc) is 2.81. The van der Waals surface area contributed by atoms with Crippen molar-refractivity contribution in [3.05, 3.63) is 0 Å². The van der Waals surface area contributed by atoms with Crippen molar-refractivity contribution in [2.24, 2.45) is 17.8 Å². The molecule has 0 aromatic rings. The molecule has 0 radical (unpaired) electrons. The van der Waals surface area contributed by atoms with Crippen LogP contribution in [0.25, 0.3) is 0 Å². The smallest absolute Gasteiger partial charge is 0.309 e. The van der Waals surface area contributed by atoms with Crippen LogP contribution in [0, 0.1) is 17.8 Å². The third-order valence-electron chi connectivity index (χ3n) is 5.76. The molecule has 0 bridgehead atoms. The van der Waals surface area contributed by atoms with Gasteiger partial charge in [-0.15, -0.1) is 11.6 Å². The molecule has 3 nitrogen and oxygen atoms in total. The summed E-state index contributed by atoms with van der Waals surface area (Å²) in [6, 6.07) is 3.38. The largest absolute Gasteiger partial charge is 0.469 e. The van der Waals surface area contributed by atoms with Crippen molar-refractivity contribution in [1.29, 1.82) is 0 Å². The molecule has 0 aromatic heterocycles. The molecule has 0 aliphatic heterocycles. The first kappa shape index (κ1) is 20.0. The summed E-state index contributed by atoms with van der Waals surface area (Å²) in [4.78, 5) is 11.8. The summed E-state index contributed by atoms with van der Waals surface area (Å²) in [6.45, 7) is 12.8. The Bertz CT molecular complexity index is 368. The van der Waals surface area contributed by atoms with Crippen LogP contribution in [0.5, 0.6) is 0 Å². The van der Waals surface area contributed by atoms with Gasteiger partial charge in [0.15, 0.2) is 8.32 Å². The van der Waals surface area contributed by atoms with Gasteiger partial charge in [-0.2, -0.15) is 0 Å². The van der Waals surface area contributed by atoms with E-state index in [0.717, 1.165) is 24.6 Å². The lowest BCUT2D eigenvalue weighted by molar-refractivity contribution is -0.148. The average molecular weight is 349 g/mol. The van der Waals surface area contributed by atoms with Gasteiger partial charge in [-0.25, -0.2) is 0 Å². The van der Waals surface area contributed by atoms with E-state index in [2.05, 4.69) is 27.7 Å². The first-order valence-electron chi connectivity index (χ1n) is 8.60. The minimum atomic E-state index is -1.68. The van der Waals surface area contributed by atoms with E-state index in [4.69, 9.17) is 20.8 Å². The van der Waals surface area contributed by atoms with Gasteiger partial charge in [0.25, 0.3) is 0 Å². The van der Waals surface area contributed by atoms with Crippen molar-refractivity contribution in [3.8, 4) is 0 Å². The van der Waals surface area contributed by atoms with Gasteiger partial charge in [0.05, 0.1) is 13.0 Å². The number of hydrogen-bond acceptors (Lipinski definition) is 3. The molecule has 0 heterocycles. The quantitative estimate of drug-likeness (QED) is 0.375. The predicted molar refractivity (Wildman–Crippen MR) is 94.8 cm³/mol. The van der Waals surface area contributed by atoms with Crippen LogP contribution in [0.4, 0.5) is 0 Å². The van der Waals surface area contributed by atoms with E-state index in [-0.39, 0.29) is 29.8 Å². The fourth-order valence-electron chi connectivity index (χ4n) is 3.91. The van der Waals surface area contributed by atoms with Crippen molar-refractivity contribution >= 4 is 25.9 Å². The minimum Gasteiger partial charge on any atom is -0.469 e. The molecule has 0 N–H and O–H groups in total. The summed E-state index contributed by atoms with van der Waals surface area (Å²) in [7, 11) is -0.220. The van der Waals surface area contributed by atoms with Crippen molar-refractivity contribution in [2.45, 2.75) is 77.1 Å². The number of rotatable bonds is 7. The molecule has 0 amide bonds. The third kappa shape index (κ3) is 4.07. The van der Waals surface area contributed by atoms with Gasteiger partial charge in [0.2, 0.25) is 0 Å². The summed E-state index contributed by atoms with van der Waals surface area (Å²) >= 11 is 6.59. The van der Waals surface area contributed by atoms with Gasteiger partial charge in [-0.3, -0.25) is 4.79 Å². The fourth-order valence-corrected chi connectivity index (χ4v) is 7.09. The molecule has 130 valence electrons. The number of esters is 1. The molecular formula is C17H33ClO3Si. The topological polar surface area (TPSA) is 35.5 Å². The van der Waals surface area contributed by atoms with Crippen LogP contribution < -0.4 is 0 Å². The number of alkyl halides is 1. The van der Waals surface area contributed by atoms with Crippen LogP contribution in [-0.4, -0.2) is 32.4 Å². The standard InChI is InChI=1S/C17H33ClO3Si/c1-8-22(9-2,10-3)21-14-11-13(17(5,6)18)15(12(14)4)16(19)20-7/h12-15H,8-11H2,1-7H3/t12-,13+,14-,15+/m1/s1. The van der Waals surface area contributed by atoms with Gasteiger partial charge < -0.3 is 9.16 Å². The Morgan fingerprint density at radius 2 is 1.73 bits per heavy atom. The maximum Gasteiger partial charge on any atom is 0.309 e. The van der Waals surface area contributed by atoms with Gasteiger partial charge in [0.1, 0.15) is 0 Å². The normalized spacial score (nSPS) is 29.6. The Morgan fingerprint density at radius 1 is 1.23 bits per heavy atom. The van der Waals surface area contributed by atoms with E-state index < -0.39 is 13.2 Å². The zero-order chi connectivity index (χ0) is 17.1. The summed E-state index contributed by atoms with van der Waals surface area (Å²) in [5.41, 5.74) is 0. The summed E-state index contributed by atoms with van der Waals surface area (Å²) < 4.78 is 11.7. The molecular weight excluding hydrogens is 316 g/mol. The lowest BCUT2D eigenvalue weighted by Crippen LogP contribution is -2.41. The van der Waals surface area contributed by atoms with Gasteiger partial charge in [-0.05, 0) is 50.2 Å². The maximum atomic E-state index is 12.3. The fraction of sp³-hybridized carbons (Fsp3) is 0.941. The van der Waals surface area contributed by atoms with E-state index in [0.29, 0.717) is 0 Å². The lowest BCUT2D eigenvalue weighted by atomic mass is 9.82. The van der Waals surface area contributed by atoms with Crippen LogP contribution in [0.15, 0.2) is 0 Å². The highest BCUT2D eigenvalue weighted by Gasteiger charge is 2.52. The van der Waals surface area contributed by atoms with E-state index in [1.54, 1.807) is 0 Å². The molecule has 4 atom stereocenters. The Balaban J connectivity index is 3.02. The first-order chi connectivity index (χ1) is 10.2. The van der Waals surface area contributed by atoms with Crippen LogP contribution in [0.2, 0.25) is 18.1 Å². The lowest BCUT2D eigenvalue weighted by Gasteiger charge is -2.34. The Kier molecular flexibility index (Phi) is 6.97. The van der Waals surface area contributed by atoms with Gasteiger partial charge in [0, 0.05) is 11.0 Å². The second-order valence-corrected chi connectivity index (χ2v) is 12.9. The van der Waals surface area contributed by atoms with Crippen LogP contribution in [-0.2, 0) is 14.0 Å². The van der Waals surface area contributed by atoms with Crippen LogP contribution >= 0.6 is 11.6 Å². The van der Waals surface area contributed by atoms with E-state index in [9.17, 15) is 4.79 Å². The van der Waals surface area contributed by atoms with Gasteiger partial charge in [-0.1, -0.05) is 27.7 Å². The summed E-state index contributed by atoms with van der Waals surface area (Å²) in [6.07, 6.45) is 0.977. The molecule has 5 heteroatoms. The number of ether oxygens (including phenoxy) is 1. The molecule has 0 unspecified atom stereocenters. The molecule has 1 fully saturated rings. The SMILES string of the molecule is CC[Si](CC)(CC)O[C@@H]1C[C@H](C(C)(C)Cl)[C@@H](C(=O)OC)[C@@H]1C. The number of carbonyl (C=O) groups is 1. The van der Waals surface area contributed by atoms with Crippen molar-refractivity contribution in [2.75, 3.05) is 7.11 Å².